The molecule has 0 aliphatic carbocycles. The molecule has 1 aromatic rings. The first-order valence-electron chi connectivity index (χ1n) is 6.92. The van der Waals surface area contributed by atoms with E-state index in [1.807, 2.05) is 19.1 Å². The van der Waals surface area contributed by atoms with Gasteiger partial charge in [0.05, 0.1) is 10.6 Å². The van der Waals surface area contributed by atoms with Crippen LogP contribution in [-0.4, -0.2) is 25.5 Å². The monoisotopic (exact) mass is 280 g/mol. The Hall–Kier alpha value is -1.06. The molecule has 104 valence electrons. The normalized spacial score (nSPS) is 19.2. The summed E-state index contributed by atoms with van der Waals surface area (Å²) in [6.07, 6.45) is 3.53. The molecule has 19 heavy (non-hydrogen) atoms. The molecule has 1 heterocycles. The summed E-state index contributed by atoms with van der Waals surface area (Å²) in [6.45, 7) is 4.82. The van der Waals surface area contributed by atoms with E-state index in [4.69, 9.17) is 11.6 Å². The number of hydrogen-bond donors (Lipinski definition) is 2. The molecule has 1 amide bonds. The average Bonchev–Trinajstić information content (AvgIpc) is 2.43. The van der Waals surface area contributed by atoms with Crippen molar-refractivity contribution in [2.45, 2.75) is 26.2 Å². The Bertz CT molecular complexity index is 442. The number of carbonyl (C=O) groups excluding carboxylic acids is 1. The Morgan fingerprint density at radius 1 is 1.53 bits per heavy atom. The maximum atomic E-state index is 12.0. The van der Waals surface area contributed by atoms with E-state index < -0.39 is 0 Å². The highest BCUT2D eigenvalue weighted by Crippen LogP contribution is 2.20. The van der Waals surface area contributed by atoms with Crippen LogP contribution in [0.5, 0.6) is 0 Å². The Labute approximate surface area is 119 Å². The zero-order chi connectivity index (χ0) is 13.7. The number of amides is 1. The lowest BCUT2D eigenvalue weighted by atomic mass is 9.96. The average molecular weight is 281 g/mol. The summed E-state index contributed by atoms with van der Waals surface area (Å²) >= 11 is 6.14. The highest BCUT2D eigenvalue weighted by atomic mass is 35.5. The molecule has 1 fully saturated rings. The molecule has 1 aromatic carbocycles. The van der Waals surface area contributed by atoms with Crippen molar-refractivity contribution in [1.82, 2.24) is 10.6 Å². The van der Waals surface area contributed by atoms with E-state index in [9.17, 15) is 4.79 Å². The SMILES string of the molecule is Cc1cccc(C(=O)NCCC2CCCNC2)c1Cl. The molecule has 2 N–H and O–H groups in total. The van der Waals surface area contributed by atoms with E-state index in [2.05, 4.69) is 10.6 Å². The fourth-order valence-corrected chi connectivity index (χ4v) is 2.69. The first kappa shape index (κ1) is 14.4. The van der Waals surface area contributed by atoms with Crippen LogP contribution in [0.15, 0.2) is 18.2 Å². The van der Waals surface area contributed by atoms with Crippen LogP contribution in [0.3, 0.4) is 0 Å². The number of halogens is 1. The molecule has 4 heteroatoms. The summed E-state index contributed by atoms with van der Waals surface area (Å²) in [4.78, 5) is 12.0. The summed E-state index contributed by atoms with van der Waals surface area (Å²) in [5.41, 5.74) is 1.51. The Kier molecular flexibility index (Phi) is 5.23. The second-order valence-electron chi connectivity index (χ2n) is 5.19. The van der Waals surface area contributed by atoms with Gasteiger partial charge in [0.1, 0.15) is 0 Å². The standard InChI is InChI=1S/C15H21ClN2O/c1-11-4-2-6-13(14(11)16)15(19)18-9-7-12-5-3-8-17-10-12/h2,4,6,12,17H,3,5,7-10H2,1H3,(H,18,19). The lowest BCUT2D eigenvalue weighted by molar-refractivity contribution is 0.0950. The maximum absolute atomic E-state index is 12.0. The fraction of sp³-hybridized carbons (Fsp3) is 0.533. The van der Waals surface area contributed by atoms with E-state index in [0.717, 1.165) is 31.6 Å². The van der Waals surface area contributed by atoms with Crippen molar-refractivity contribution < 1.29 is 4.79 Å². The molecule has 1 unspecified atom stereocenters. The van der Waals surface area contributed by atoms with E-state index in [0.29, 0.717) is 16.5 Å². The minimum Gasteiger partial charge on any atom is -0.352 e. The number of carbonyl (C=O) groups is 1. The third kappa shape index (κ3) is 3.95. The van der Waals surface area contributed by atoms with E-state index in [1.54, 1.807) is 6.07 Å². The number of rotatable bonds is 4. The number of piperidine rings is 1. The molecular weight excluding hydrogens is 260 g/mol. The zero-order valence-electron chi connectivity index (χ0n) is 11.3. The van der Waals surface area contributed by atoms with Crippen molar-refractivity contribution in [3.05, 3.63) is 34.3 Å². The van der Waals surface area contributed by atoms with Gasteiger partial charge in [0, 0.05) is 6.54 Å². The molecule has 1 aliphatic heterocycles. The molecule has 1 atom stereocenters. The van der Waals surface area contributed by atoms with Crippen LogP contribution < -0.4 is 10.6 Å². The number of aryl methyl sites for hydroxylation is 1. The Morgan fingerprint density at radius 3 is 3.11 bits per heavy atom. The number of nitrogens with one attached hydrogen (secondary N) is 2. The quantitative estimate of drug-likeness (QED) is 0.890. The van der Waals surface area contributed by atoms with Gasteiger partial charge >= 0.3 is 0 Å². The van der Waals surface area contributed by atoms with Crippen molar-refractivity contribution >= 4 is 17.5 Å². The molecular formula is C15H21ClN2O. The maximum Gasteiger partial charge on any atom is 0.252 e. The van der Waals surface area contributed by atoms with Gasteiger partial charge < -0.3 is 10.6 Å². The molecule has 2 rings (SSSR count). The highest BCUT2D eigenvalue weighted by Gasteiger charge is 2.14. The molecule has 0 saturated carbocycles. The van der Waals surface area contributed by atoms with Crippen molar-refractivity contribution in [2.24, 2.45) is 5.92 Å². The summed E-state index contributed by atoms with van der Waals surface area (Å²) in [5, 5.41) is 6.91. The third-order valence-corrected chi connectivity index (χ3v) is 4.18. The van der Waals surface area contributed by atoms with Crippen LogP contribution in [0.4, 0.5) is 0 Å². The largest absolute Gasteiger partial charge is 0.352 e. The third-order valence-electron chi connectivity index (χ3n) is 3.67. The molecule has 0 radical (unpaired) electrons. The molecule has 0 bridgehead atoms. The van der Waals surface area contributed by atoms with Gasteiger partial charge in [-0.1, -0.05) is 23.7 Å². The van der Waals surface area contributed by atoms with Gasteiger partial charge in [-0.2, -0.15) is 0 Å². The van der Waals surface area contributed by atoms with Gasteiger partial charge in [0.15, 0.2) is 0 Å². The molecule has 1 saturated heterocycles. The van der Waals surface area contributed by atoms with Gasteiger partial charge in [-0.3, -0.25) is 4.79 Å². The fourth-order valence-electron chi connectivity index (χ4n) is 2.48. The summed E-state index contributed by atoms with van der Waals surface area (Å²) in [7, 11) is 0. The minimum absolute atomic E-state index is 0.0718. The van der Waals surface area contributed by atoms with Gasteiger partial charge in [0.25, 0.3) is 5.91 Å². The van der Waals surface area contributed by atoms with Crippen LogP contribution in [0.2, 0.25) is 5.02 Å². The van der Waals surface area contributed by atoms with Gasteiger partial charge in [-0.15, -0.1) is 0 Å². The summed E-state index contributed by atoms with van der Waals surface area (Å²) in [5.74, 6) is 0.611. The van der Waals surface area contributed by atoms with Crippen molar-refractivity contribution in [2.75, 3.05) is 19.6 Å². The van der Waals surface area contributed by atoms with Crippen LogP contribution in [0, 0.1) is 12.8 Å². The van der Waals surface area contributed by atoms with Crippen LogP contribution in [0.25, 0.3) is 0 Å². The van der Waals surface area contributed by atoms with Crippen molar-refractivity contribution in [1.29, 1.82) is 0 Å². The molecule has 3 nitrogen and oxygen atoms in total. The molecule has 1 aliphatic rings. The summed E-state index contributed by atoms with van der Waals surface area (Å²) < 4.78 is 0. The lowest BCUT2D eigenvalue weighted by Gasteiger charge is -2.22. The van der Waals surface area contributed by atoms with Crippen molar-refractivity contribution in [3.63, 3.8) is 0 Å². The van der Waals surface area contributed by atoms with Gasteiger partial charge in [-0.25, -0.2) is 0 Å². The lowest BCUT2D eigenvalue weighted by Crippen LogP contribution is -2.33. The van der Waals surface area contributed by atoms with E-state index in [-0.39, 0.29) is 5.91 Å². The number of hydrogen-bond acceptors (Lipinski definition) is 2. The topological polar surface area (TPSA) is 41.1 Å². The summed E-state index contributed by atoms with van der Waals surface area (Å²) in [6, 6.07) is 5.54. The Balaban J connectivity index is 1.82. The molecule has 0 spiro atoms. The first-order valence-corrected chi connectivity index (χ1v) is 7.30. The van der Waals surface area contributed by atoms with Gasteiger partial charge in [0.2, 0.25) is 0 Å². The first-order chi connectivity index (χ1) is 9.18. The minimum atomic E-state index is -0.0718. The predicted molar refractivity (Wildman–Crippen MR) is 78.7 cm³/mol. The van der Waals surface area contributed by atoms with Crippen molar-refractivity contribution in [3.8, 4) is 0 Å². The number of benzene rings is 1. The zero-order valence-corrected chi connectivity index (χ0v) is 12.1. The van der Waals surface area contributed by atoms with Crippen LogP contribution in [-0.2, 0) is 0 Å². The second kappa shape index (κ2) is 6.92. The second-order valence-corrected chi connectivity index (χ2v) is 5.57. The van der Waals surface area contributed by atoms with Crippen LogP contribution >= 0.6 is 11.6 Å². The van der Waals surface area contributed by atoms with Crippen LogP contribution in [0.1, 0.15) is 35.2 Å². The smallest absolute Gasteiger partial charge is 0.252 e. The van der Waals surface area contributed by atoms with E-state index >= 15 is 0 Å². The Morgan fingerprint density at radius 2 is 2.37 bits per heavy atom. The predicted octanol–water partition coefficient (Wildman–Crippen LogP) is 2.77. The molecule has 0 aromatic heterocycles. The van der Waals surface area contributed by atoms with Gasteiger partial charge in [-0.05, 0) is 56.8 Å². The van der Waals surface area contributed by atoms with E-state index in [1.165, 1.54) is 12.8 Å². The highest BCUT2D eigenvalue weighted by molar-refractivity contribution is 6.34.